The van der Waals surface area contributed by atoms with Crippen LogP contribution < -0.4 is 4.74 Å². The summed E-state index contributed by atoms with van der Waals surface area (Å²) in [7, 11) is 0. The molecule has 1 aromatic carbocycles. The van der Waals surface area contributed by atoms with Crippen molar-refractivity contribution in [2.45, 2.75) is 25.2 Å². The first kappa shape index (κ1) is 16.2. The molecule has 0 unspecified atom stereocenters. The molecule has 2 aliphatic rings. The van der Waals surface area contributed by atoms with Gasteiger partial charge >= 0.3 is 0 Å². The molecule has 2 fully saturated rings. The van der Waals surface area contributed by atoms with E-state index < -0.39 is 0 Å². The van der Waals surface area contributed by atoms with Gasteiger partial charge in [-0.05, 0) is 42.9 Å². The number of nitrogens with zero attached hydrogens (tertiary/aromatic N) is 1. The number of thioether (sulfide) groups is 1. The van der Waals surface area contributed by atoms with E-state index >= 15 is 0 Å². The Balaban J connectivity index is 1.37. The Morgan fingerprint density at radius 1 is 1.09 bits per heavy atom. The quantitative estimate of drug-likeness (QED) is 0.749. The van der Waals surface area contributed by atoms with E-state index in [0.717, 1.165) is 44.8 Å². The Hall–Kier alpha value is -0.710. The van der Waals surface area contributed by atoms with Crippen LogP contribution in [-0.4, -0.2) is 55.9 Å². The lowest BCUT2D eigenvalue weighted by Gasteiger charge is -2.25. The molecule has 22 heavy (non-hydrogen) atoms. The van der Waals surface area contributed by atoms with Crippen LogP contribution in [0.4, 0.5) is 0 Å². The van der Waals surface area contributed by atoms with E-state index in [2.05, 4.69) is 40.9 Å². The summed E-state index contributed by atoms with van der Waals surface area (Å²) in [5.74, 6) is 4.24. The van der Waals surface area contributed by atoms with Crippen molar-refractivity contribution >= 4 is 11.8 Å². The minimum absolute atomic E-state index is 0.666. The van der Waals surface area contributed by atoms with Gasteiger partial charge in [0.25, 0.3) is 0 Å². The fraction of sp³-hybridized carbons (Fsp3) is 0.667. The van der Waals surface area contributed by atoms with E-state index in [0.29, 0.717) is 5.92 Å². The monoisotopic (exact) mass is 321 g/mol. The molecule has 0 radical (unpaired) electrons. The van der Waals surface area contributed by atoms with Crippen LogP contribution in [0, 0.1) is 0 Å². The van der Waals surface area contributed by atoms with Crippen molar-refractivity contribution in [1.82, 2.24) is 4.90 Å². The minimum Gasteiger partial charge on any atom is -0.494 e. The Labute approximate surface area is 138 Å². The zero-order valence-electron chi connectivity index (χ0n) is 13.3. The predicted octanol–water partition coefficient (Wildman–Crippen LogP) is 3.40. The van der Waals surface area contributed by atoms with Crippen molar-refractivity contribution in [2.75, 3.05) is 51.0 Å². The topological polar surface area (TPSA) is 21.7 Å². The molecule has 2 aliphatic heterocycles. The summed E-state index contributed by atoms with van der Waals surface area (Å²) in [6.45, 7) is 6.27. The molecule has 0 amide bonds. The van der Waals surface area contributed by atoms with Gasteiger partial charge in [0.2, 0.25) is 0 Å². The SMILES string of the molecule is c1cc(C2CCOCC2)ccc1OCCCN1CCSCC1. The lowest BCUT2D eigenvalue weighted by atomic mass is 9.92. The van der Waals surface area contributed by atoms with Gasteiger partial charge in [-0.2, -0.15) is 11.8 Å². The third kappa shape index (κ3) is 4.90. The molecule has 0 N–H and O–H groups in total. The molecule has 2 saturated heterocycles. The highest BCUT2D eigenvalue weighted by atomic mass is 32.2. The van der Waals surface area contributed by atoms with Gasteiger partial charge in [0.15, 0.2) is 0 Å². The average molecular weight is 321 g/mol. The van der Waals surface area contributed by atoms with E-state index in [1.165, 1.54) is 36.7 Å². The molecule has 0 aliphatic carbocycles. The van der Waals surface area contributed by atoms with Gasteiger partial charge in [0.05, 0.1) is 6.61 Å². The zero-order valence-corrected chi connectivity index (χ0v) is 14.2. The second kappa shape index (κ2) is 8.80. The largest absolute Gasteiger partial charge is 0.494 e. The molecule has 2 heterocycles. The highest BCUT2D eigenvalue weighted by Gasteiger charge is 2.15. The summed E-state index contributed by atoms with van der Waals surface area (Å²) in [6.07, 6.45) is 3.41. The third-order valence-corrected chi connectivity index (χ3v) is 5.51. The van der Waals surface area contributed by atoms with E-state index in [1.807, 2.05) is 0 Å². The highest BCUT2D eigenvalue weighted by Crippen LogP contribution is 2.28. The maximum atomic E-state index is 5.88. The van der Waals surface area contributed by atoms with Crippen molar-refractivity contribution in [3.63, 3.8) is 0 Å². The molecule has 0 saturated carbocycles. The Bertz CT molecular complexity index is 425. The third-order valence-electron chi connectivity index (χ3n) is 4.56. The van der Waals surface area contributed by atoms with E-state index in [1.54, 1.807) is 0 Å². The van der Waals surface area contributed by atoms with Gasteiger partial charge in [-0.1, -0.05) is 12.1 Å². The van der Waals surface area contributed by atoms with Crippen LogP contribution in [0.3, 0.4) is 0 Å². The fourth-order valence-electron chi connectivity index (χ4n) is 3.17. The van der Waals surface area contributed by atoms with Gasteiger partial charge in [-0.3, -0.25) is 0 Å². The minimum atomic E-state index is 0.666. The van der Waals surface area contributed by atoms with Crippen molar-refractivity contribution in [3.05, 3.63) is 29.8 Å². The Morgan fingerprint density at radius 2 is 1.82 bits per heavy atom. The van der Waals surface area contributed by atoms with Crippen molar-refractivity contribution in [2.24, 2.45) is 0 Å². The number of hydrogen-bond acceptors (Lipinski definition) is 4. The van der Waals surface area contributed by atoms with Gasteiger partial charge in [0.1, 0.15) is 5.75 Å². The molecule has 0 aromatic heterocycles. The number of benzene rings is 1. The molecule has 0 spiro atoms. The van der Waals surface area contributed by atoms with Crippen LogP contribution in [0.25, 0.3) is 0 Å². The lowest BCUT2D eigenvalue weighted by Crippen LogP contribution is -2.33. The number of rotatable bonds is 6. The Morgan fingerprint density at radius 3 is 2.55 bits per heavy atom. The van der Waals surface area contributed by atoms with Crippen LogP contribution in [0.1, 0.15) is 30.7 Å². The summed E-state index contributed by atoms with van der Waals surface area (Å²) < 4.78 is 11.3. The standard InChI is InChI=1S/C18H27NO2S/c1(8-19-9-14-22-15-10-19)11-21-18-4-2-16(3-5-18)17-6-12-20-13-7-17/h2-5,17H,1,6-15H2. The first-order chi connectivity index (χ1) is 10.9. The molecule has 3 nitrogen and oxygen atoms in total. The number of hydrogen-bond donors (Lipinski definition) is 0. The maximum Gasteiger partial charge on any atom is 0.119 e. The zero-order chi connectivity index (χ0) is 15.0. The molecule has 1 aromatic rings. The van der Waals surface area contributed by atoms with Crippen molar-refractivity contribution in [1.29, 1.82) is 0 Å². The van der Waals surface area contributed by atoms with Gasteiger partial charge in [-0.25, -0.2) is 0 Å². The summed E-state index contributed by atoms with van der Waals surface area (Å²) in [6, 6.07) is 8.71. The summed E-state index contributed by atoms with van der Waals surface area (Å²) in [4.78, 5) is 2.55. The first-order valence-electron chi connectivity index (χ1n) is 8.52. The average Bonchev–Trinajstić information content (AvgIpc) is 2.61. The van der Waals surface area contributed by atoms with Crippen molar-refractivity contribution < 1.29 is 9.47 Å². The molecule has 4 heteroatoms. The maximum absolute atomic E-state index is 5.88. The van der Waals surface area contributed by atoms with Crippen LogP contribution in [0.5, 0.6) is 5.75 Å². The smallest absolute Gasteiger partial charge is 0.119 e. The van der Waals surface area contributed by atoms with Crippen LogP contribution >= 0.6 is 11.8 Å². The van der Waals surface area contributed by atoms with E-state index in [4.69, 9.17) is 9.47 Å². The molecule has 0 bridgehead atoms. The lowest BCUT2D eigenvalue weighted by molar-refractivity contribution is 0.0853. The molecule has 122 valence electrons. The molecule has 0 atom stereocenters. The highest BCUT2D eigenvalue weighted by molar-refractivity contribution is 7.99. The number of ether oxygens (including phenoxy) is 2. The van der Waals surface area contributed by atoms with Gasteiger partial charge in [0, 0.05) is 44.4 Å². The van der Waals surface area contributed by atoms with Crippen LogP contribution in [-0.2, 0) is 4.74 Å². The second-order valence-corrected chi connectivity index (χ2v) is 7.34. The Kier molecular flexibility index (Phi) is 6.46. The molecular weight excluding hydrogens is 294 g/mol. The first-order valence-corrected chi connectivity index (χ1v) is 9.68. The van der Waals surface area contributed by atoms with Crippen molar-refractivity contribution in [3.8, 4) is 5.75 Å². The second-order valence-electron chi connectivity index (χ2n) is 6.11. The summed E-state index contributed by atoms with van der Waals surface area (Å²) in [5.41, 5.74) is 1.43. The van der Waals surface area contributed by atoms with E-state index in [9.17, 15) is 0 Å². The predicted molar refractivity (Wildman–Crippen MR) is 93.1 cm³/mol. The van der Waals surface area contributed by atoms with Crippen LogP contribution in [0.2, 0.25) is 0 Å². The van der Waals surface area contributed by atoms with E-state index in [-0.39, 0.29) is 0 Å². The van der Waals surface area contributed by atoms with Crippen LogP contribution in [0.15, 0.2) is 24.3 Å². The molecule has 3 rings (SSSR count). The summed E-state index contributed by atoms with van der Waals surface area (Å²) >= 11 is 2.07. The fourth-order valence-corrected chi connectivity index (χ4v) is 4.15. The van der Waals surface area contributed by atoms with Gasteiger partial charge in [-0.15, -0.1) is 0 Å². The summed E-state index contributed by atoms with van der Waals surface area (Å²) in [5, 5.41) is 0. The normalized spacial score (nSPS) is 20.9. The molecular formula is C18H27NO2S. The van der Waals surface area contributed by atoms with Gasteiger partial charge < -0.3 is 14.4 Å².